The second kappa shape index (κ2) is 35.3. The summed E-state index contributed by atoms with van der Waals surface area (Å²) in [5.74, 6) is 0. The van der Waals surface area contributed by atoms with Gasteiger partial charge in [-0.1, -0.05) is 234 Å². The topological polar surface area (TPSA) is 0 Å². The van der Waals surface area contributed by atoms with Gasteiger partial charge in [-0.3, -0.25) is 0 Å². The molecule has 0 spiro atoms. The normalized spacial score (nSPS) is 11.5. The Hall–Kier alpha value is -5.14. The van der Waals surface area contributed by atoms with Crippen LogP contribution in [0.1, 0.15) is 212 Å². The molecule has 0 saturated heterocycles. The lowest BCUT2D eigenvalue weighted by Crippen LogP contribution is -1.86. The number of fused-ring (bicyclic) bond motifs is 4. The van der Waals surface area contributed by atoms with E-state index < -0.39 is 0 Å². The van der Waals surface area contributed by atoms with Gasteiger partial charge in [-0.15, -0.1) is 56.7 Å². The van der Waals surface area contributed by atoms with Crippen molar-refractivity contribution in [3.63, 3.8) is 0 Å². The summed E-state index contributed by atoms with van der Waals surface area (Å²) in [7, 11) is 0. The van der Waals surface area contributed by atoms with E-state index >= 15 is 0 Å². The van der Waals surface area contributed by atoms with E-state index in [2.05, 4.69) is 200 Å². The van der Waals surface area contributed by atoms with E-state index in [1.165, 1.54) is 276 Å². The van der Waals surface area contributed by atoms with Crippen LogP contribution in [0.4, 0.5) is 0 Å². The van der Waals surface area contributed by atoms with Crippen molar-refractivity contribution in [2.45, 2.75) is 222 Å². The molecular formula is C82H100S5. The van der Waals surface area contributed by atoms with Gasteiger partial charge >= 0.3 is 0 Å². The second-order valence-electron chi connectivity index (χ2n) is 24.9. The van der Waals surface area contributed by atoms with Crippen molar-refractivity contribution < 1.29 is 0 Å². The van der Waals surface area contributed by atoms with Gasteiger partial charge in [0.15, 0.2) is 0 Å². The number of benzene rings is 6. The van der Waals surface area contributed by atoms with Crippen molar-refractivity contribution in [1.29, 1.82) is 0 Å². The summed E-state index contributed by atoms with van der Waals surface area (Å²) in [4.78, 5) is 14.6. The SMILES string of the molecule is CCCCCCCCCCCCc1cc(C)sc1-c1ccc(-c2ccc(-c3sc(-c4ccc(C)cc4)cc3CCCCCCCCCCCC)s2)s1.CCCCCCc1cc(C)sc1C.c1ccc2cc3cc4cc5ccccc5cc4cc3cc2c1. The molecule has 5 heteroatoms. The summed E-state index contributed by atoms with van der Waals surface area (Å²) in [5, 5.41) is 10.4. The molecule has 0 radical (unpaired) electrons. The van der Waals surface area contributed by atoms with E-state index in [1.54, 1.807) is 16.7 Å². The smallest absolute Gasteiger partial charge is 0.0481 e. The van der Waals surface area contributed by atoms with Crippen LogP contribution in [0, 0.1) is 27.7 Å². The molecule has 11 rings (SSSR count). The van der Waals surface area contributed by atoms with E-state index in [1.807, 2.05) is 56.7 Å². The first kappa shape index (κ1) is 66.3. The molecule has 87 heavy (non-hydrogen) atoms. The van der Waals surface area contributed by atoms with Crippen LogP contribution in [0.3, 0.4) is 0 Å². The lowest BCUT2D eigenvalue weighted by Gasteiger charge is -2.07. The first-order valence-corrected chi connectivity index (χ1v) is 38.0. The summed E-state index contributed by atoms with van der Waals surface area (Å²) >= 11 is 9.92. The van der Waals surface area contributed by atoms with E-state index in [-0.39, 0.29) is 0 Å². The van der Waals surface area contributed by atoms with Gasteiger partial charge in [0, 0.05) is 48.8 Å². The van der Waals surface area contributed by atoms with Crippen LogP contribution in [0.2, 0.25) is 0 Å². The first-order chi connectivity index (χ1) is 42.7. The largest absolute Gasteiger partial charge is 0.146 e. The highest BCUT2D eigenvalue weighted by molar-refractivity contribution is 7.29. The van der Waals surface area contributed by atoms with Gasteiger partial charge in [-0.25, -0.2) is 0 Å². The van der Waals surface area contributed by atoms with Crippen molar-refractivity contribution >= 4 is 99.8 Å². The molecular weight excluding hydrogens is 1150 g/mol. The fourth-order valence-corrected chi connectivity index (χ4v) is 18.1. The lowest BCUT2D eigenvalue weighted by molar-refractivity contribution is 0.556. The Morgan fingerprint density at radius 2 is 0.586 bits per heavy atom. The average Bonchev–Trinajstić information content (AvgIpc) is 2.10. The molecule has 6 aromatic carbocycles. The molecule has 0 nitrogen and oxygen atoms in total. The van der Waals surface area contributed by atoms with Crippen molar-refractivity contribution in [1.82, 2.24) is 0 Å². The molecule has 458 valence electrons. The van der Waals surface area contributed by atoms with Crippen LogP contribution in [0.5, 0.6) is 0 Å². The van der Waals surface area contributed by atoms with Crippen LogP contribution in [-0.4, -0.2) is 0 Å². The number of unbranched alkanes of at least 4 members (excludes halogenated alkanes) is 21. The van der Waals surface area contributed by atoms with Crippen molar-refractivity contribution in [3.8, 4) is 39.7 Å². The summed E-state index contributed by atoms with van der Waals surface area (Å²) in [6.07, 6.45) is 37.0. The number of hydrogen-bond donors (Lipinski definition) is 0. The van der Waals surface area contributed by atoms with E-state index in [0.717, 1.165) is 0 Å². The highest BCUT2D eigenvalue weighted by Gasteiger charge is 2.18. The van der Waals surface area contributed by atoms with Crippen LogP contribution in [0.25, 0.3) is 82.8 Å². The van der Waals surface area contributed by atoms with Crippen LogP contribution in [0.15, 0.2) is 152 Å². The Labute approximate surface area is 545 Å². The third-order valence-corrected chi connectivity index (χ3v) is 23.6. The number of thiophene rings is 5. The summed E-state index contributed by atoms with van der Waals surface area (Å²) < 4.78 is 0. The van der Waals surface area contributed by atoms with Gasteiger partial charge in [-0.2, -0.15) is 0 Å². The molecule has 0 amide bonds. The minimum atomic E-state index is 1.18. The summed E-state index contributed by atoms with van der Waals surface area (Å²) in [6.45, 7) is 15.8. The molecule has 0 aliphatic carbocycles. The van der Waals surface area contributed by atoms with Gasteiger partial charge < -0.3 is 0 Å². The van der Waals surface area contributed by atoms with Crippen molar-refractivity contribution in [2.75, 3.05) is 0 Å². The Balaban J connectivity index is 0.000000207. The van der Waals surface area contributed by atoms with Crippen LogP contribution < -0.4 is 0 Å². The molecule has 0 N–H and O–H groups in total. The Kier molecular flexibility index (Phi) is 26.9. The Bertz CT molecular complexity index is 3610. The molecule has 5 heterocycles. The Morgan fingerprint density at radius 1 is 0.253 bits per heavy atom. The molecule has 0 aliphatic rings. The van der Waals surface area contributed by atoms with Crippen LogP contribution in [-0.2, 0) is 19.3 Å². The predicted molar refractivity (Wildman–Crippen MR) is 398 cm³/mol. The fraction of sp³-hybridized carbons (Fsp3) is 0.415. The van der Waals surface area contributed by atoms with Gasteiger partial charge in [0.25, 0.3) is 0 Å². The van der Waals surface area contributed by atoms with Gasteiger partial charge in [0.05, 0.1) is 0 Å². The van der Waals surface area contributed by atoms with Crippen molar-refractivity contribution in [3.05, 3.63) is 189 Å². The maximum atomic E-state index is 2.51. The molecule has 0 atom stereocenters. The molecule has 11 aromatic rings. The molecule has 0 fully saturated rings. The molecule has 5 aromatic heterocycles. The zero-order valence-electron chi connectivity index (χ0n) is 54.1. The fourth-order valence-electron chi connectivity index (χ4n) is 12.5. The number of aryl methyl sites for hydroxylation is 7. The van der Waals surface area contributed by atoms with Crippen molar-refractivity contribution in [2.24, 2.45) is 0 Å². The minimum Gasteiger partial charge on any atom is -0.146 e. The number of hydrogen-bond acceptors (Lipinski definition) is 5. The third kappa shape index (κ3) is 19.9. The molecule has 0 aliphatic heterocycles. The minimum absolute atomic E-state index is 1.18. The zero-order valence-corrected chi connectivity index (χ0v) is 58.1. The maximum Gasteiger partial charge on any atom is 0.0481 e. The van der Waals surface area contributed by atoms with Crippen LogP contribution >= 0.6 is 56.7 Å². The number of rotatable bonds is 31. The highest BCUT2D eigenvalue weighted by Crippen LogP contribution is 2.47. The zero-order chi connectivity index (χ0) is 60.6. The van der Waals surface area contributed by atoms with Gasteiger partial charge in [-0.05, 0) is 210 Å². The highest BCUT2D eigenvalue weighted by atomic mass is 32.1. The summed E-state index contributed by atoms with van der Waals surface area (Å²) in [5.41, 5.74) is 7.38. The first-order valence-electron chi connectivity index (χ1n) is 34.0. The Morgan fingerprint density at radius 3 is 1.00 bits per heavy atom. The molecule has 0 bridgehead atoms. The lowest BCUT2D eigenvalue weighted by atomic mass is 9.97. The standard InChI is InChI=1S/C48H66S4.C22H14.C12H20S/c1-5-7-9-11-13-15-17-19-21-23-25-40-35-38(4)49-47(40)44-33-31-42(50-44)43-32-34-45(51-43)48-41(26-24-22-20-18-16-14-12-10-8-6-2)36-46(52-48)39-29-27-37(3)28-30-39;1-2-6-16-10-20-14-22-12-18-8-4-3-7-17(18)11-21(22)13-19(20)9-15(16)5-1;1-4-5-6-7-8-12-9-10(2)13-11(12)3/h27-36H,5-26H2,1-4H3;1-14H;9H,4-8H2,1-3H3. The van der Waals surface area contributed by atoms with Gasteiger partial charge in [0.1, 0.15) is 0 Å². The van der Waals surface area contributed by atoms with E-state index in [4.69, 9.17) is 0 Å². The average molecular weight is 1250 g/mol. The maximum absolute atomic E-state index is 2.51. The predicted octanol–water partition coefficient (Wildman–Crippen LogP) is 28.9. The molecule has 0 unspecified atom stereocenters. The third-order valence-electron chi connectivity index (χ3n) is 17.5. The quantitative estimate of drug-likeness (QED) is 0.0300. The van der Waals surface area contributed by atoms with E-state index in [9.17, 15) is 0 Å². The monoisotopic (exact) mass is 1240 g/mol. The summed E-state index contributed by atoms with van der Waals surface area (Å²) in [6, 6.07) is 56.9. The van der Waals surface area contributed by atoms with E-state index in [0.29, 0.717) is 0 Å². The second-order valence-corrected chi connectivity index (χ2v) is 30.9. The molecule has 0 saturated carbocycles. The van der Waals surface area contributed by atoms with Gasteiger partial charge in [0.2, 0.25) is 0 Å².